The molecule has 0 aromatic rings. The van der Waals surface area contributed by atoms with Crippen molar-refractivity contribution in [1.82, 2.24) is 15.7 Å². The molecule has 0 aromatic heterocycles. The standard InChI is InChI=1S/C21H33N4O10.Y/c1-11(22)19(31)23-10-13-18(30)21(3,32)17(24-12(2)26)20(34-13)33-9-5-4-6-16(29)35-25-14(27)7-8-15(25)28;/h11,13,17-18,20,22,30,32H,4-10H2,1-3H3,(H,23,31)(H,24,26);/q-1;. The minimum Gasteiger partial charge on any atom is -0.667 e. The second-order valence-electron chi connectivity index (χ2n) is 8.73. The van der Waals surface area contributed by atoms with Gasteiger partial charge < -0.3 is 40.9 Å². The number of aliphatic hydroxyl groups excluding tert-OH is 1. The van der Waals surface area contributed by atoms with E-state index in [1.807, 2.05) is 0 Å². The predicted molar refractivity (Wildman–Crippen MR) is 117 cm³/mol. The summed E-state index contributed by atoms with van der Waals surface area (Å²) in [7, 11) is 0. The number of amides is 4. The summed E-state index contributed by atoms with van der Waals surface area (Å²) < 4.78 is 11.4. The van der Waals surface area contributed by atoms with Gasteiger partial charge in [0, 0.05) is 72.0 Å². The summed E-state index contributed by atoms with van der Waals surface area (Å²) in [6.45, 7) is 3.73. The molecule has 0 aliphatic carbocycles. The van der Waals surface area contributed by atoms with Crippen LogP contribution in [0.5, 0.6) is 0 Å². The zero-order chi connectivity index (χ0) is 26.3. The first-order valence-electron chi connectivity index (χ1n) is 11.3. The van der Waals surface area contributed by atoms with Crippen LogP contribution in [0.3, 0.4) is 0 Å². The van der Waals surface area contributed by atoms with Crippen molar-refractivity contribution < 1.29 is 81.2 Å². The molecule has 2 rings (SSSR count). The molecule has 0 aromatic carbocycles. The fraction of sp³-hybridized carbons (Fsp3) is 0.762. The number of nitrogens with zero attached hydrogens (tertiary/aromatic N) is 1. The SMILES string of the molecule is CC(=O)NC1C(OCCCCC(=O)ON2C(=O)CCC2=O)OC(CNC(=O)C(C)[NH-])C(O)C1(C)O.[Y]. The Morgan fingerprint density at radius 3 is 2.42 bits per heavy atom. The zero-order valence-corrected chi connectivity index (χ0v) is 23.4. The van der Waals surface area contributed by atoms with Crippen LogP contribution in [0.15, 0.2) is 0 Å². The number of carbonyl (C=O) groups excluding carboxylic acids is 5. The van der Waals surface area contributed by atoms with Gasteiger partial charge >= 0.3 is 5.97 Å². The van der Waals surface area contributed by atoms with Gasteiger partial charge in [0.25, 0.3) is 11.8 Å². The van der Waals surface area contributed by atoms with Gasteiger partial charge in [-0.15, -0.1) is 5.06 Å². The minimum absolute atomic E-state index is 0. The van der Waals surface area contributed by atoms with Crippen molar-refractivity contribution >= 4 is 29.6 Å². The molecular weight excluding hydrogens is 557 g/mol. The average Bonchev–Trinajstić information content (AvgIpc) is 3.08. The van der Waals surface area contributed by atoms with Crippen LogP contribution in [0, 0.1) is 0 Å². The van der Waals surface area contributed by atoms with Crippen LogP contribution in [0.25, 0.3) is 5.73 Å². The Kier molecular flexibility index (Phi) is 13.0. The number of carbonyl (C=O) groups is 5. The first-order valence-corrected chi connectivity index (χ1v) is 11.3. The van der Waals surface area contributed by atoms with Gasteiger partial charge in [0.1, 0.15) is 23.9 Å². The number of hydrogen-bond donors (Lipinski definition) is 4. The normalized spacial score (nSPS) is 28.8. The average molecular weight is 590 g/mol. The molecule has 4 amide bonds. The van der Waals surface area contributed by atoms with E-state index in [1.165, 1.54) is 20.8 Å². The van der Waals surface area contributed by atoms with Gasteiger partial charge in [-0.2, -0.15) is 0 Å². The van der Waals surface area contributed by atoms with Gasteiger partial charge in [-0.1, -0.05) is 13.0 Å². The van der Waals surface area contributed by atoms with E-state index >= 15 is 0 Å². The molecular formula is C21H33N4O10Y-. The number of imide groups is 1. The molecule has 6 atom stereocenters. The summed E-state index contributed by atoms with van der Waals surface area (Å²) in [5.41, 5.74) is 5.54. The van der Waals surface area contributed by atoms with E-state index in [0.717, 1.165) is 0 Å². The van der Waals surface area contributed by atoms with Crippen molar-refractivity contribution in [3.05, 3.63) is 5.73 Å². The van der Waals surface area contributed by atoms with Gasteiger partial charge in [0.15, 0.2) is 6.29 Å². The molecule has 14 nitrogen and oxygen atoms in total. The van der Waals surface area contributed by atoms with Crippen molar-refractivity contribution in [2.24, 2.45) is 0 Å². The molecule has 2 saturated heterocycles. The molecule has 2 aliphatic heterocycles. The van der Waals surface area contributed by atoms with E-state index < -0.39 is 65.8 Å². The third-order valence-corrected chi connectivity index (χ3v) is 5.65. The largest absolute Gasteiger partial charge is 0.667 e. The molecule has 201 valence electrons. The molecule has 6 unspecified atom stereocenters. The van der Waals surface area contributed by atoms with Gasteiger partial charge in [-0.3, -0.25) is 19.2 Å². The Morgan fingerprint density at radius 1 is 1.25 bits per heavy atom. The molecule has 0 bridgehead atoms. The number of unbranched alkanes of at least 4 members (excludes halogenated alkanes) is 1. The van der Waals surface area contributed by atoms with E-state index in [0.29, 0.717) is 11.5 Å². The first kappa shape index (κ1) is 32.5. The van der Waals surface area contributed by atoms with Crippen LogP contribution in [-0.2, 0) is 71.0 Å². The van der Waals surface area contributed by atoms with Crippen molar-refractivity contribution in [2.75, 3.05) is 13.2 Å². The van der Waals surface area contributed by atoms with Gasteiger partial charge in [-0.05, 0) is 19.8 Å². The predicted octanol–water partition coefficient (Wildman–Crippen LogP) is -1.32. The number of hydroxylamine groups is 2. The number of nitrogens with one attached hydrogen (secondary N) is 3. The van der Waals surface area contributed by atoms with Crippen molar-refractivity contribution in [2.45, 2.75) is 89.1 Å². The summed E-state index contributed by atoms with van der Waals surface area (Å²) in [4.78, 5) is 63.0. The maximum atomic E-state index is 11.9. The molecule has 5 N–H and O–H groups in total. The maximum absolute atomic E-state index is 11.9. The summed E-state index contributed by atoms with van der Waals surface area (Å²) in [5.74, 6) is -2.97. The molecule has 0 saturated carbocycles. The Bertz CT molecular complexity index is 809. The Morgan fingerprint density at radius 2 is 1.86 bits per heavy atom. The maximum Gasteiger partial charge on any atom is 0.333 e. The number of rotatable bonds is 11. The molecule has 0 spiro atoms. The van der Waals surface area contributed by atoms with Crippen LogP contribution in [0.2, 0.25) is 0 Å². The monoisotopic (exact) mass is 590 g/mol. The van der Waals surface area contributed by atoms with E-state index in [9.17, 15) is 34.2 Å². The van der Waals surface area contributed by atoms with E-state index in [4.69, 9.17) is 20.0 Å². The Labute approximate surface area is 233 Å². The van der Waals surface area contributed by atoms with Crippen LogP contribution < -0.4 is 10.6 Å². The molecule has 2 aliphatic rings. The quantitative estimate of drug-likeness (QED) is 0.165. The molecule has 36 heavy (non-hydrogen) atoms. The Balaban J connectivity index is 0.00000648. The van der Waals surface area contributed by atoms with Gasteiger partial charge in [0.2, 0.25) is 11.8 Å². The van der Waals surface area contributed by atoms with Crippen LogP contribution in [-0.4, -0.2) is 94.2 Å². The van der Waals surface area contributed by atoms with Crippen molar-refractivity contribution in [1.29, 1.82) is 0 Å². The number of hydrogen-bond acceptors (Lipinski definition) is 10. The summed E-state index contributed by atoms with van der Waals surface area (Å²) in [5, 5.41) is 26.9. The molecule has 2 heterocycles. The molecule has 15 heteroatoms. The van der Waals surface area contributed by atoms with E-state index in [2.05, 4.69) is 10.6 Å². The van der Waals surface area contributed by atoms with Crippen LogP contribution >= 0.6 is 0 Å². The fourth-order valence-corrected chi connectivity index (χ4v) is 3.62. The van der Waals surface area contributed by atoms with Crippen molar-refractivity contribution in [3.8, 4) is 0 Å². The smallest absolute Gasteiger partial charge is 0.333 e. The van der Waals surface area contributed by atoms with Crippen LogP contribution in [0.1, 0.15) is 52.9 Å². The van der Waals surface area contributed by atoms with E-state index in [1.54, 1.807) is 0 Å². The summed E-state index contributed by atoms with van der Waals surface area (Å²) in [6, 6.07) is -2.18. The van der Waals surface area contributed by atoms with Crippen LogP contribution in [0.4, 0.5) is 0 Å². The summed E-state index contributed by atoms with van der Waals surface area (Å²) >= 11 is 0. The second kappa shape index (κ2) is 14.4. The number of aliphatic hydroxyl groups is 2. The second-order valence-corrected chi connectivity index (χ2v) is 8.73. The third kappa shape index (κ3) is 8.79. The van der Waals surface area contributed by atoms with Gasteiger partial charge in [0.05, 0.1) is 0 Å². The Hall–Kier alpha value is -1.55. The third-order valence-electron chi connectivity index (χ3n) is 5.65. The topological polar surface area (TPSA) is 205 Å². The number of ether oxygens (including phenoxy) is 2. The minimum atomic E-state index is -1.88. The zero-order valence-electron chi connectivity index (χ0n) is 20.5. The molecule has 2 fully saturated rings. The molecule has 1 radical (unpaired) electrons. The fourth-order valence-electron chi connectivity index (χ4n) is 3.62. The van der Waals surface area contributed by atoms with Crippen molar-refractivity contribution in [3.63, 3.8) is 0 Å². The van der Waals surface area contributed by atoms with Gasteiger partial charge in [-0.25, -0.2) is 4.79 Å². The summed E-state index contributed by atoms with van der Waals surface area (Å²) in [6.07, 6.45) is -3.25. The first-order chi connectivity index (χ1) is 16.3. The van der Waals surface area contributed by atoms with E-state index in [-0.39, 0.29) is 71.5 Å².